The fourth-order valence-corrected chi connectivity index (χ4v) is 4.26. The highest BCUT2D eigenvalue weighted by molar-refractivity contribution is 6.02. The summed E-state index contributed by atoms with van der Waals surface area (Å²) in [6.45, 7) is 0. The number of methoxy groups -OCH3 is 1. The molecule has 2 aromatic rings. The molecule has 2 aliphatic rings. The van der Waals surface area contributed by atoms with E-state index in [4.69, 9.17) is 4.74 Å². The Bertz CT molecular complexity index is 838. The molecule has 0 fully saturated rings. The summed E-state index contributed by atoms with van der Waals surface area (Å²) in [4.78, 5) is 4.69. The number of hydrogen-bond donors (Lipinski definition) is 0. The Morgan fingerprint density at radius 1 is 1.00 bits per heavy atom. The van der Waals surface area contributed by atoms with E-state index in [1.165, 1.54) is 40.1 Å². The van der Waals surface area contributed by atoms with E-state index in [0.29, 0.717) is 6.04 Å². The molecule has 3 heteroatoms. The van der Waals surface area contributed by atoms with Crippen LogP contribution in [0.15, 0.2) is 42.5 Å². The van der Waals surface area contributed by atoms with Crippen molar-refractivity contribution < 1.29 is 4.74 Å². The normalized spacial score (nSPS) is 19.2. The first-order chi connectivity index (χ1) is 12.1. The van der Waals surface area contributed by atoms with Crippen LogP contribution in [0.4, 0.5) is 11.4 Å². The van der Waals surface area contributed by atoms with Crippen LogP contribution in [0.25, 0.3) is 11.1 Å². The smallest absolute Gasteiger partial charge is 0.120 e. The van der Waals surface area contributed by atoms with E-state index in [2.05, 4.69) is 73.4 Å². The van der Waals surface area contributed by atoms with Crippen molar-refractivity contribution in [1.82, 2.24) is 4.90 Å². The van der Waals surface area contributed by atoms with E-state index in [1.807, 2.05) is 0 Å². The molecule has 0 radical (unpaired) electrons. The van der Waals surface area contributed by atoms with Crippen LogP contribution in [-0.4, -0.2) is 39.2 Å². The van der Waals surface area contributed by atoms with Crippen LogP contribution in [0.2, 0.25) is 0 Å². The highest BCUT2D eigenvalue weighted by Crippen LogP contribution is 2.49. The largest absolute Gasteiger partial charge is 0.497 e. The van der Waals surface area contributed by atoms with Gasteiger partial charge in [-0.05, 0) is 62.7 Å². The summed E-state index contributed by atoms with van der Waals surface area (Å²) in [5.41, 5.74) is 8.26. The second-order valence-corrected chi connectivity index (χ2v) is 7.28. The van der Waals surface area contributed by atoms with E-state index in [1.54, 1.807) is 7.11 Å². The van der Waals surface area contributed by atoms with Crippen LogP contribution >= 0.6 is 0 Å². The monoisotopic (exact) mass is 334 g/mol. The minimum absolute atomic E-state index is 0.608. The second kappa shape index (κ2) is 6.23. The third kappa shape index (κ3) is 2.63. The molecule has 0 aromatic heterocycles. The van der Waals surface area contributed by atoms with Crippen molar-refractivity contribution in [3.8, 4) is 5.75 Å². The van der Waals surface area contributed by atoms with Crippen LogP contribution in [0.1, 0.15) is 30.4 Å². The molecule has 2 aromatic carbocycles. The Balaban J connectivity index is 1.96. The van der Waals surface area contributed by atoms with Gasteiger partial charge < -0.3 is 14.5 Å². The molecule has 0 spiro atoms. The molecule has 1 aliphatic carbocycles. The Labute approximate surface area is 150 Å². The van der Waals surface area contributed by atoms with Crippen molar-refractivity contribution in [2.75, 3.05) is 33.2 Å². The van der Waals surface area contributed by atoms with E-state index >= 15 is 0 Å². The second-order valence-electron chi connectivity index (χ2n) is 7.28. The fraction of sp³-hybridized carbons (Fsp3) is 0.364. The minimum atomic E-state index is 0.608. The Hall–Kier alpha value is -2.26. The zero-order valence-corrected chi connectivity index (χ0v) is 15.5. The average molecular weight is 334 g/mol. The number of nitrogens with zero attached hydrogens (tertiary/aromatic N) is 2. The predicted octanol–water partition coefficient (Wildman–Crippen LogP) is 4.80. The molecule has 130 valence electrons. The van der Waals surface area contributed by atoms with Gasteiger partial charge in [0, 0.05) is 36.0 Å². The van der Waals surface area contributed by atoms with E-state index in [9.17, 15) is 0 Å². The maximum atomic E-state index is 5.49. The molecule has 1 unspecified atom stereocenters. The van der Waals surface area contributed by atoms with Crippen LogP contribution in [0.5, 0.6) is 5.75 Å². The molecular weight excluding hydrogens is 308 g/mol. The van der Waals surface area contributed by atoms with Gasteiger partial charge in [-0.15, -0.1) is 0 Å². The molecule has 1 atom stereocenters. The van der Waals surface area contributed by atoms with Gasteiger partial charge in [0.15, 0.2) is 0 Å². The lowest BCUT2D eigenvalue weighted by Crippen LogP contribution is -2.30. The third-order valence-corrected chi connectivity index (χ3v) is 5.74. The fourth-order valence-electron chi connectivity index (χ4n) is 4.26. The lowest BCUT2D eigenvalue weighted by atomic mass is 9.81. The number of para-hydroxylation sites is 1. The van der Waals surface area contributed by atoms with Crippen molar-refractivity contribution >= 4 is 22.5 Å². The van der Waals surface area contributed by atoms with Crippen molar-refractivity contribution in [3.63, 3.8) is 0 Å². The molecule has 0 N–H and O–H groups in total. The van der Waals surface area contributed by atoms with Gasteiger partial charge in [0.1, 0.15) is 5.75 Å². The van der Waals surface area contributed by atoms with Gasteiger partial charge >= 0.3 is 0 Å². The number of benzene rings is 2. The Morgan fingerprint density at radius 2 is 1.76 bits per heavy atom. The van der Waals surface area contributed by atoms with Gasteiger partial charge in [-0.3, -0.25) is 0 Å². The van der Waals surface area contributed by atoms with Crippen molar-refractivity contribution in [2.24, 2.45) is 0 Å². The summed E-state index contributed by atoms with van der Waals surface area (Å²) in [6, 6.07) is 15.9. The highest BCUT2D eigenvalue weighted by Gasteiger charge is 2.30. The number of fused-ring (bicyclic) bond motifs is 4. The maximum absolute atomic E-state index is 5.49. The minimum Gasteiger partial charge on any atom is -0.497 e. The summed E-state index contributed by atoms with van der Waals surface area (Å²) < 4.78 is 5.49. The zero-order valence-electron chi connectivity index (χ0n) is 15.5. The third-order valence-electron chi connectivity index (χ3n) is 5.74. The highest BCUT2D eigenvalue weighted by atomic mass is 16.5. The topological polar surface area (TPSA) is 15.7 Å². The van der Waals surface area contributed by atoms with Gasteiger partial charge in [-0.2, -0.15) is 0 Å². The summed E-state index contributed by atoms with van der Waals surface area (Å²) in [7, 11) is 8.30. The average Bonchev–Trinajstić information content (AvgIpc) is 2.75. The zero-order chi connectivity index (χ0) is 17.6. The van der Waals surface area contributed by atoms with Crippen LogP contribution < -0.4 is 9.64 Å². The van der Waals surface area contributed by atoms with Crippen molar-refractivity contribution in [3.05, 3.63) is 53.6 Å². The predicted molar refractivity (Wildman–Crippen MR) is 106 cm³/mol. The number of rotatable bonds is 2. The van der Waals surface area contributed by atoms with Crippen molar-refractivity contribution in [1.29, 1.82) is 0 Å². The SMILES string of the molecule is COc1ccc2c(c1)N(C)c1ccccc1C1=C2CCC(N(C)C)C1. The number of allylic oxidation sites excluding steroid dienone is 1. The quantitative estimate of drug-likeness (QED) is 0.784. The first kappa shape index (κ1) is 16.2. The standard InChI is InChI=1S/C22H26N2O/c1-23(2)15-9-11-17-19-12-10-16(25-4)14-22(19)24(3)21-8-6-5-7-18(21)20(17)13-15/h5-8,10,12,14-15H,9,11,13H2,1-4H3. The number of anilines is 2. The van der Waals surface area contributed by atoms with Gasteiger partial charge in [0.2, 0.25) is 0 Å². The molecule has 1 aliphatic heterocycles. The van der Waals surface area contributed by atoms with Crippen LogP contribution in [-0.2, 0) is 0 Å². The first-order valence-corrected chi connectivity index (χ1v) is 9.00. The Morgan fingerprint density at radius 3 is 2.52 bits per heavy atom. The molecule has 0 saturated heterocycles. The number of hydrogen-bond acceptors (Lipinski definition) is 3. The Kier molecular flexibility index (Phi) is 4.04. The van der Waals surface area contributed by atoms with Gasteiger partial charge in [0.05, 0.1) is 12.8 Å². The van der Waals surface area contributed by atoms with Crippen LogP contribution in [0, 0.1) is 0 Å². The van der Waals surface area contributed by atoms with Gasteiger partial charge in [0.25, 0.3) is 0 Å². The molecule has 0 amide bonds. The molecule has 1 heterocycles. The summed E-state index contributed by atoms with van der Waals surface area (Å²) in [5.74, 6) is 0.911. The van der Waals surface area contributed by atoms with E-state index in [-0.39, 0.29) is 0 Å². The summed E-state index contributed by atoms with van der Waals surface area (Å²) >= 11 is 0. The van der Waals surface area contributed by atoms with E-state index < -0.39 is 0 Å². The lowest BCUT2D eigenvalue weighted by Gasteiger charge is -2.32. The molecule has 0 saturated carbocycles. The molecule has 3 nitrogen and oxygen atoms in total. The van der Waals surface area contributed by atoms with Crippen LogP contribution in [0.3, 0.4) is 0 Å². The van der Waals surface area contributed by atoms with E-state index in [0.717, 1.165) is 18.6 Å². The number of ether oxygens (including phenoxy) is 1. The van der Waals surface area contributed by atoms with Crippen molar-refractivity contribution in [2.45, 2.75) is 25.3 Å². The molecule has 0 bridgehead atoms. The molecular formula is C22H26N2O. The molecule has 4 rings (SSSR count). The molecule has 25 heavy (non-hydrogen) atoms. The van der Waals surface area contributed by atoms with Gasteiger partial charge in [-0.1, -0.05) is 18.2 Å². The lowest BCUT2D eigenvalue weighted by molar-refractivity contribution is 0.281. The first-order valence-electron chi connectivity index (χ1n) is 9.00. The summed E-state index contributed by atoms with van der Waals surface area (Å²) in [6.07, 6.45) is 3.45. The summed E-state index contributed by atoms with van der Waals surface area (Å²) in [5, 5.41) is 0. The maximum Gasteiger partial charge on any atom is 0.120 e. The van der Waals surface area contributed by atoms with Gasteiger partial charge in [-0.25, -0.2) is 0 Å².